The number of amides is 1. The Balaban J connectivity index is 1.80. The molecule has 0 aromatic carbocycles. The third kappa shape index (κ3) is 3.78. The van der Waals surface area contributed by atoms with Crippen LogP contribution in [0.1, 0.15) is 38.8 Å². The molecule has 2 heterocycles. The van der Waals surface area contributed by atoms with E-state index in [1.807, 2.05) is 13.8 Å². The summed E-state index contributed by atoms with van der Waals surface area (Å²) >= 11 is 0. The van der Waals surface area contributed by atoms with Gasteiger partial charge in [-0.3, -0.25) is 10.1 Å². The molecule has 1 unspecified atom stereocenters. The first kappa shape index (κ1) is 14.0. The fourth-order valence-corrected chi connectivity index (χ4v) is 2.06. The first-order valence-corrected chi connectivity index (χ1v) is 6.71. The van der Waals surface area contributed by atoms with Gasteiger partial charge in [0.1, 0.15) is 0 Å². The smallest absolute Gasteiger partial charge is 0.240 e. The van der Waals surface area contributed by atoms with E-state index in [4.69, 9.17) is 4.52 Å². The van der Waals surface area contributed by atoms with Crippen LogP contribution in [0.25, 0.3) is 0 Å². The topological polar surface area (TPSA) is 79.2 Å². The van der Waals surface area contributed by atoms with Gasteiger partial charge in [0, 0.05) is 18.2 Å². The molecule has 1 atom stereocenters. The zero-order valence-corrected chi connectivity index (χ0v) is 11.7. The van der Waals surface area contributed by atoms with E-state index in [-0.39, 0.29) is 23.9 Å². The first-order valence-electron chi connectivity index (χ1n) is 6.71. The molecule has 1 aromatic rings. The van der Waals surface area contributed by atoms with Gasteiger partial charge < -0.3 is 15.2 Å². The zero-order valence-electron chi connectivity index (χ0n) is 11.7. The number of anilines is 1. The highest BCUT2D eigenvalue weighted by Crippen LogP contribution is 2.17. The van der Waals surface area contributed by atoms with Crippen LogP contribution in [0.5, 0.6) is 0 Å². The van der Waals surface area contributed by atoms with E-state index >= 15 is 0 Å². The van der Waals surface area contributed by atoms with Crippen LogP contribution in [0, 0.1) is 0 Å². The Hall–Kier alpha value is -1.40. The molecule has 0 radical (unpaired) electrons. The fraction of sp³-hybridized carbons (Fsp3) is 0.692. The van der Waals surface area contributed by atoms with Crippen molar-refractivity contribution in [3.05, 3.63) is 11.8 Å². The number of hydrogen-bond donors (Lipinski definition) is 3. The molecule has 1 aliphatic heterocycles. The van der Waals surface area contributed by atoms with Crippen molar-refractivity contribution in [2.75, 3.05) is 25.0 Å². The van der Waals surface area contributed by atoms with Crippen LogP contribution >= 0.6 is 0 Å². The normalized spacial score (nSPS) is 22.9. The molecule has 1 fully saturated rings. The highest BCUT2D eigenvalue weighted by Gasteiger charge is 2.28. The summed E-state index contributed by atoms with van der Waals surface area (Å²) in [5, 5.41) is 13.2. The van der Waals surface area contributed by atoms with Crippen molar-refractivity contribution in [1.82, 2.24) is 15.8 Å². The van der Waals surface area contributed by atoms with E-state index in [0.717, 1.165) is 25.2 Å². The number of hydrogen-bond acceptors (Lipinski definition) is 5. The van der Waals surface area contributed by atoms with Crippen molar-refractivity contribution in [2.45, 2.75) is 38.6 Å². The van der Waals surface area contributed by atoms with Gasteiger partial charge in [-0.1, -0.05) is 19.0 Å². The highest BCUT2D eigenvalue weighted by molar-refractivity contribution is 5.91. The van der Waals surface area contributed by atoms with Crippen LogP contribution in [0.4, 0.5) is 5.88 Å². The molecule has 0 aliphatic carbocycles. The maximum atomic E-state index is 11.8. The summed E-state index contributed by atoms with van der Waals surface area (Å²) in [5.74, 6) is 0.584. The largest absolute Gasteiger partial charge is 0.338 e. The van der Waals surface area contributed by atoms with Gasteiger partial charge in [0.2, 0.25) is 11.8 Å². The highest BCUT2D eigenvalue weighted by atomic mass is 16.5. The summed E-state index contributed by atoms with van der Waals surface area (Å²) < 4.78 is 5.07. The van der Waals surface area contributed by atoms with Gasteiger partial charge in [-0.05, 0) is 25.8 Å². The van der Waals surface area contributed by atoms with E-state index in [0.29, 0.717) is 5.88 Å². The van der Waals surface area contributed by atoms with Crippen LogP contribution in [-0.2, 0) is 4.79 Å². The molecule has 1 aliphatic rings. The van der Waals surface area contributed by atoms with Crippen LogP contribution in [0.3, 0.4) is 0 Å². The lowest BCUT2D eigenvalue weighted by molar-refractivity contribution is -0.115. The van der Waals surface area contributed by atoms with Gasteiger partial charge in [0.05, 0.1) is 12.2 Å². The summed E-state index contributed by atoms with van der Waals surface area (Å²) in [7, 11) is 0. The number of nitrogens with zero attached hydrogens (tertiary/aromatic N) is 1. The van der Waals surface area contributed by atoms with Crippen LogP contribution in [-0.4, -0.2) is 36.2 Å². The van der Waals surface area contributed by atoms with Crippen molar-refractivity contribution in [3.63, 3.8) is 0 Å². The van der Waals surface area contributed by atoms with E-state index in [9.17, 15) is 4.79 Å². The molecule has 2 rings (SSSR count). The van der Waals surface area contributed by atoms with Crippen molar-refractivity contribution in [3.8, 4) is 0 Å². The standard InChI is InChI=1S/C13H22N4O2/c1-9(2)10-6-12(19-17-10)16-11(18)7-15-13(3)4-5-14-8-13/h6,9,14-15H,4-5,7-8H2,1-3H3,(H,16,18). The van der Waals surface area contributed by atoms with Crippen molar-refractivity contribution < 1.29 is 9.32 Å². The van der Waals surface area contributed by atoms with Gasteiger partial charge in [-0.2, -0.15) is 0 Å². The second-order valence-electron chi connectivity index (χ2n) is 5.66. The molecule has 6 heteroatoms. The fourth-order valence-electron chi connectivity index (χ4n) is 2.06. The number of nitrogens with one attached hydrogen (secondary N) is 3. The lowest BCUT2D eigenvalue weighted by Crippen LogP contribution is -2.47. The summed E-state index contributed by atoms with van der Waals surface area (Å²) in [6.07, 6.45) is 1.03. The number of carbonyl (C=O) groups excluding carboxylic acids is 1. The second-order valence-corrected chi connectivity index (χ2v) is 5.66. The SMILES string of the molecule is CC(C)c1cc(NC(=O)CNC2(C)CCNC2)on1. The second kappa shape index (κ2) is 5.71. The minimum atomic E-state index is -0.111. The van der Waals surface area contributed by atoms with Gasteiger partial charge >= 0.3 is 0 Å². The first-order chi connectivity index (χ1) is 8.98. The minimum Gasteiger partial charge on any atom is -0.338 e. The Morgan fingerprint density at radius 3 is 3.00 bits per heavy atom. The third-order valence-electron chi connectivity index (χ3n) is 3.43. The Labute approximate surface area is 113 Å². The predicted molar refractivity (Wildman–Crippen MR) is 73.1 cm³/mol. The average molecular weight is 266 g/mol. The molecule has 6 nitrogen and oxygen atoms in total. The van der Waals surface area contributed by atoms with Crippen molar-refractivity contribution in [1.29, 1.82) is 0 Å². The van der Waals surface area contributed by atoms with E-state index in [1.165, 1.54) is 0 Å². The van der Waals surface area contributed by atoms with E-state index in [2.05, 4.69) is 28.0 Å². The summed E-state index contributed by atoms with van der Waals surface area (Å²) in [6, 6.07) is 1.77. The van der Waals surface area contributed by atoms with Gasteiger partial charge in [-0.15, -0.1) is 0 Å². The Morgan fingerprint density at radius 2 is 2.42 bits per heavy atom. The molecule has 3 N–H and O–H groups in total. The van der Waals surface area contributed by atoms with Crippen LogP contribution < -0.4 is 16.0 Å². The van der Waals surface area contributed by atoms with Crippen molar-refractivity contribution in [2.24, 2.45) is 0 Å². The van der Waals surface area contributed by atoms with Gasteiger partial charge in [0.15, 0.2) is 0 Å². The average Bonchev–Trinajstić information content (AvgIpc) is 2.97. The van der Waals surface area contributed by atoms with Gasteiger partial charge in [0.25, 0.3) is 0 Å². The van der Waals surface area contributed by atoms with Crippen molar-refractivity contribution >= 4 is 11.8 Å². The monoisotopic (exact) mass is 266 g/mol. The quantitative estimate of drug-likeness (QED) is 0.743. The van der Waals surface area contributed by atoms with E-state index < -0.39 is 0 Å². The van der Waals surface area contributed by atoms with E-state index in [1.54, 1.807) is 6.07 Å². The maximum absolute atomic E-state index is 11.8. The molecule has 1 amide bonds. The Morgan fingerprint density at radius 1 is 1.63 bits per heavy atom. The molecule has 1 aromatic heterocycles. The summed E-state index contributed by atoms with van der Waals surface area (Å²) in [4.78, 5) is 11.8. The molecule has 19 heavy (non-hydrogen) atoms. The summed E-state index contributed by atoms with van der Waals surface area (Å²) in [5.41, 5.74) is 0.845. The summed E-state index contributed by atoms with van der Waals surface area (Å²) in [6.45, 7) is 8.32. The number of rotatable bonds is 5. The lowest BCUT2D eigenvalue weighted by Gasteiger charge is -2.23. The maximum Gasteiger partial charge on any atom is 0.240 e. The molecule has 106 valence electrons. The predicted octanol–water partition coefficient (Wildman–Crippen LogP) is 1.08. The number of aromatic nitrogens is 1. The number of carbonyl (C=O) groups is 1. The molecule has 1 saturated heterocycles. The molecule has 0 spiro atoms. The zero-order chi connectivity index (χ0) is 13.9. The van der Waals surface area contributed by atoms with Crippen LogP contribution in [0.2, 0.25) is 0 Å². The van der Waals surface area contributed by atoms with Gasteiger partial charge in [-0.25, -0.2) is 0 Å². The van der Waals surface area contributed by atoms with Crippen LogP contribution in [0.15, 0.2) is 10.6 Å². The Kier molecular flexibility index (Phi) is 4.21. The molecule has 0 bridgehead atoms. The molecule has 0 saturated carbocycles. The molecular weight excluding hydrogens is 244 g/mol. The third-order valence-corrected chi connectivity index (χ3v) is 3.43. The Bertz CT molecular complexity index is 436. The lowest BCUT2D eigenvalue weighted by atomic mass is 10.0. The molecular formula is C13H22N4O2. The minimum absolute atomic E-state index is 0.00183.